The van der Waals surface area contributed by atoms with E-state index in [2.05, 4.69) is 10.2 Å². The molecule has 1 fully saturated rings. The van der Waals surface area contributed by atoms with E-state index in [1.54, 1.807) is 17.5 Å². The Morgan fingerprint density at radius 3 is 2.43 bits per heavy atom. The zero-order valence-corrected chi connectivity index (χ0v) is 17.9. The third-order valence-electron chi connectivity index (χ3n) is 4.98. The summed E-state index contributed by atoms with van der Waals surface area (Å²) in [5, 5.41) is 4.73. The third kappa shape index (κ3) is 5.20. The first-order chi connectivity index (χ1) is 13.4. The standard InChI is InChI=1S/C20H27N3O3S2/c1-22(2)12-9-16-5-7-18(8-6-16)21-20(24)17-10-13-23(14-11-17)28(25,26)19-4-3-15-27-19/h3-8,15,17H,9-14H2,1-2H3,(H,21,24). The summed E-state index contributed by atoms with van der Waals surface area (Å²) in [7, 11) is 0.668. The van der Waals surface area contributed by atoms with Crippen molar-refractivity contribution in [3.05, 3.63) is 47.3 Å². The predicted octanol–water partition coefficient (Wildman–Crippen LogP) is 2.89. The first kappa shape index (κ1) is 21.0. The highest BCUT2D eigenvalue weighted by atomic mass is 32.2. The average Bonchev–Trinajstić information content (AvgIpc) is 3.23. The van der Waals surface area contributed by atoms with Crippen LogP contribution in [0.3, 0.4) is 0 Å². The fourth-order valence-corrected chi connectivity index (χ4v) is 5.86. The van der Waals surface area contributed by atoms with Crippen LogP contribution in [0, 0.1) is 5.92 Å². The molecule has 0 unspecified atom stereocenters. The normalized spacial score (nSPS) is 16.4. The Hall–Kier alpha value is -1.74. The number of amides is 1. The second-order valence-electron chi connectivity index (χ2n) is 7.35. The molecule has 1 aliphatic rings. The third-order valence-corrected chi connectivity index (χ3v) is 8.25. The molecule has 1 aliphatic heterocycles. The van der Waals surface area contributed by atoms with Crippen molar-refractivity contribution < 1.29 is 13.2 Å². The molecule has 0 radical (unpaired) electrons. The maximum Gasteiger partial charge on any atom is 0.252 e. The van der Waals surface area contributed by atoms with Gasteiger partial charge in [0.1, 0.15) is 4.21 Å². The highest BCUT2D eigenvalue weighted by molar-refractivity contribution is 7.91. The molecule has 0 spiro atoms. The SMILES string of the molecule is CN(C)CCc1ccc(NC(=O)C2CCN(S(=O)(=O)c3cccs3)CC2)cc1. The van der Waals surface area contributed by atoms with Gasteiger partial charge < -0.3 is 10.2 Å². The number of benzene rings is 1. The second-order valence-corrected chi connectivity index (χ2v) is 10.5. The molecule has 0 bridgehead atoms. The van der Waals surface area contributed by atoms with Crippen LogP contribution in [-0.4, -0.2) is 57.3 Å². The molecule has 0 saturated carbocycles. The Morgan fingerprint density at radius 1 is 1.18 bits per heavy atom. The minimum Gasteiger partial charge on any atom is -0.326 e. The minimum absolute atomic E-state index is 0.0331. The van der Waals surface area contributed by atoms with Crippen LogP contribution in [-0.2, 0) is 21.2 Å². The molecular formula is C20H27N3O3S2. The van der Waals surface area contributed by atoms with Gasteiger partial charge in [0.05, 0.1) is 0 Å². The molecule has 3 rings (SSSR count). The van der Waals surface area contributed by atoms with Crippen molar-refractivity contribution in [1.29, 1.82) is 0 Å². The molecule has 1 saturated heterocycles. The fraction of sp³-hybridized carbons (Fsp3) is 0.450. The number of hydrogen-bond donors (Lipinski definition) is 1. The number of sulfonamides is 1. The summed E-state index contributed by atoms with van der Waals surface area (Å²) in [5.74, 6) is -0.197. The number of nitrogens with zero attached hydrogens (tertiary/aromatic N) is 2. The lowest BCUT2D eigenvalue weighted by molar-refractivity contribution is -0.120. The maximum absolute atomic E-state index is 12.6. The zero-order valence-electron chi connectivity index (χ0n) is 16.3. The molecule has 1 amide bonds. The van der Waals surface area contributed by atoms with Gasteiger partial charge in [-0.25, -0.2) is 8.42 Å². The van der Waals surface area contributed by atoms with E-state index in [0.717, 1.165) is 18.7 Å². The van der Waals surface area contributed by atoms with E-state index in [9.17, 15) is 13.2 Å². The number of carbonyl (C=O) groups is 1. The van der Waals surface area contributed by atoms with Crippen LogP contribution >= 0.6 is 11.3 Å². The maximum atomic E-state index is 12.6. The lowest BCUT2D eigenvalue weighted by Crippen LogP contribution is -2.41. The number of anilines is 1. The van der Waals surface area contributed by atoms with Crippen LogP contribution in [0.2, 0.25) is 0 Å². The van der Waals surface area contributed by atoms with Gasteiger partial charge in [0, 0.05) is 31.2 Å². The number of hydrogen-bond acceptors (Lipinski definition) is 5. The molecule has 2 aromatic rings. The first-order valence-electron chi connectivity index (χ1n) is 9.44. The number of rotatable bonds is 7. The summed E-state index contributed by atoms with van der Waals surface area (Å²) in [5.41, 5.74) is 2.02. The number of carbonyl (C=O) groups excluding carboxylic acids is 1. The molecule has 2 heterocycles. The summed E-state index contributed by atoms with van der Waals surface area (Å²) in [6.45, 7) is 1.74. The van der Waals surface area contributed by atoms with Crippen molar-refractivity contribution in [2.24, 2.45) is 5.92 Å². The molecule has 1 N–H and O–H groups in total. The first-order valence-corrected chi connectivity index (χ1v) is 11.8. The Labute approximate surface area is 171 Å². The molecule has 1 aromatic heterocycles. The van der Waals surface area contributed by atoms with Gasteiger partial charge in [-0.15, -0.1) is 11.3 Å². The van der Waals surface area contributed by atoms with E-state index in [0.29, 0.717) is 30.1 Å². The Balaban J connectivity index is 1.51. The van der Waals surface area contributed by atoms with Gasteiger partial charge in [0.2, 0.25) is 5.91 Å². The van der Waals surface area contributed by atoms with Crippen molar-refractivity contribution in [2.75, 3.05) is 39.0 Å². The van der Waals surface area contributed by atoms with Gasteiger partial charge in [0.25, 0.3) is 10.0 Å². The zero-order chi connectivity index (χ0) is 20.1. The molecule has 0 atom stereocenters. The van der Waals surface area contributed by atoms with Crippen LogP contribution in [0.4, 0.5) is 5.69 Å². The van der Waals surface area contributed by atoms with E-state index in [1.807, 2.05) is 38.4 Å². The van der Waals surface area contributed by atoms with Crippen LogP contribution in [0.25, 0.3) is 0 Å². The number of nitrogens with one attached hydrogen (secondary N) is 1. The lowest BCUT2D eigenvalue weighted by Gasteiger charge is -2.30. The largest absolute Gasteiger partial charge is 0.326 e. The summed E-state index contributed by atoms with van der Waals surface area (Å²) >= 11 is 1.23. The summed E-state index contributed by atoms with van der Waals surface area (Å²) < 4.78 is 27.0. The monoisotopic (exact) mass is 421 g/mol. The Kier molecular flexibility index (Phi) is 6.87. The highest BCUT2D eigenvalue weighted by Gasteiger charge is 2.32. The van der Waals surface area contributed by atoms with Gasteiger partial charge >= 0.3 is 0 Å². The Morgan fingerprint density at radius 2 is 1.86 bits per heavy atom. The van der Waals surface area contributed by atoms with E-state index in [-0.39, 0.29) is 11.8 Å². The minimum atomic E-state index is -3.43. The second kappa shape index (κ2) is 9.17. The molecule has 0 aliphatic carbocycles. The van der Waals surface area contributed by atoms with E-state index < -0.39 is 10.0 Å². The quantitative estimate of drug-likeness (QED) is 0.746. The van der Waals surface area contributed by atoms with Gasteiger partial charge in [-0.3, -0.25) is 4.79 Å². The number of piperidine rings is 1. The van der Waals surface area contributed by atoms with Gasteiger partial charge in [-0.05, 0) is 62.5 Å². The summed E-state index contributed by atoms with van der Waals surface area (Å²) in [6.07, 6.45) is 2.05. The molecular weight excluding hydrogens is 394 g/mol. The summed E-state index contributed by atoms with van der Waals surface area (Å²) in [6, 6.07) is 11.3. The predicted molar refractivity (Wildman–Crippen MR) is 113 cm³/mol. The van der Waals surface area contributed by atoms with E-state index in [1.165, 1.54) is 21.2 Å². The van der Waals surface area contributed by atoms with Gasteiger partial charge in [0.15, 0.2) is 0 Å². The Bertz CT molecular complexity index is 870. The topological polar surface area (TPSA) is 69.7 Å². The molecule has 152 valence electrons. The smallest absolute Gasteiger partial charge is 0.252 e. The number of thiophene rings is 1. The van der Waals surface area contributed by atoms with Crippen molar-refractivity contribution in [1.82, 2.24) is 9.21 Å². The average molecular weight is 422 g/mol. The van der Waals surface area contributed by atoms with E-state index >= 15 is 0 Å². The van der Waals surface area contributed by atoms with Crippen LogP contribution in [0.1, 0.15) is 18.4 Å². The fourth-order valence-electron chi connectivity index (χ4n) is 3.25. The van der Waals surface area contributed by atoms with Crippen molar-refractivity contribution >= 4 is 33.0 Å². The van der Waals surface area contributed by atoms with Crippen molar-refractivity contribution in [3.8, 4) is 0 Å². The highest BCUT2D eigenvalue weighted by Crippen LogP contribution is 2.27. The molecule has 1 aromatic carbocycles. The number of likely N-dealkylation sites (N-methyl/N-ethyl adjacent to an activating group) is 1. The lowest BCUT2D eigenvalue weighted by atomic mass is 9.97. The van der Waals surface area contributed by atoms with Gasteiger partial charge in [-0.1, -0.05) is 18.2 Å². The van der Waals surface area contributed by atoms with Crippen molar-refractivity contribution in [3.63, 3.8) is 0 Å². The summed E-state index contributed by atoms with van der Waals surface area (Å²) in [4.78, 5) is 14.7. The molecule has 28 heavy (non-hydrogen) atoms. The van der Waals surface area contributed by atoms with Crippen LogP contribution in [0.5, 0.6) is 0 Å². The molecule has 6 nitrogen and oxygen atoms in total. The van der Waals surface area contributed by atoms with Crippen molar-refractivity contribution in [2.45, 2.75) is 23.5 Å². The van der Waals surface area contributed by atoms with Gasteiger partial charge in [-0.2, -0.15) is 4.31 Å². The molecule has 8 heteroatoms. The van der Waals surface area contributed by atoms with E-state index in [4.69, 9.17) is 0 Å². The van der Waals surface area contributed by atoms with Crippen LogP contribution in [0.15, 0.2) is 46.0 Å². The van der Waals surface area contributed by atoms with Crippen LogP contribution < -0.4 is 5.32 Å².